The van der Waals surface area contributed by atoms with Crippen molar-refractivity contribution in [1.29, 1.82) is 0 Å². The van der Waals surface area contributed by atoms with Gasteiger partial charge in [0.05, 0.1) is 16.1 Å². The van der Waals surface area contributed by atoms with Gasteiger partial charge in [0.25, 0.3) is 5.56 Å². The molecule has 2 aromatic rings. The van der Waals surface area contributed by atoms with E-state index in [1.54, 1.807) is 11.7 Å². The predicted octanol–water partition coefficient (Wildman–Crippen LogP) is 3.31. The summed E-state index contributed by atoms with van der Waals surface area (Å²) in [7, 11) is 0. The van der Waals surface area contributed by atoms with Crippen molar-refractivity contribution in [3.05, 3.63) is 32.2 Å². The van der Waals surface area contributed by atoms with Gasteiger partial charge in [0.2, 0.25) is 0 Å². The lowest BCUT2D eigenvalue weighted by Crippen LogP contribution is -2.15. The zero-order valence-electron chi connectivity index (χ0n) is 9.65. The standard InChI is InChI=1S/C12H12BrN3OS/c13-9-10(7-3-1-2-4-7)15-11(16-12(9)17)8-5-14-6-18-8/h5-7H,1-4H2,(H,15,16,17). The van der Waals surface area contributed by atoms with Crippen LogP contribution >= 0.6 is 27.3 Å². The monoisotopic (exact) mass is 325 g/mol. The lowest BCUT2D eigenvalue weighted by Gasteiger charge is -2.11. The van der Waals surface area contributed by atoms with Crippen molar-refractivity contribution in [3.8, 4) is 10.7 Å². The average Bonchev–Trinajstić information content (AvgIpc) is 3.03. The zero-order chi connectivity index (χ0) is 12.5. The normalized spacial score (nSPS) is 16.3. The smallest absolute Gasteiger partial charge is 0.265 e. The number of rotatable bonds is 2. The van der Waals surface area contributed by atoms with Crippen molar-refractivity contribution in [1.82, 2.24) is 15.0 Å². The van der Waals surface area contributed by atoms with Gasteiger partial charge in [-0.1, -0.05) is 12.8 Å². The molecule has 0 bridgehead atoms. The first-order chi connectivity index (χ1) is 8.75. The van der Waals surface area contributed by atoms with E-state index in [1.807, 2.05) is 0 Å². The molecule has 0 unspecified atom stereocenters. The second-order valence-corrected chi connectivity index (χ2v) is 6.14. The molecule has 0 saturated heterocycles. The quantitative estimate of drug-likeness (QED) is 0.921. The Hall–Kier alpha value is -1.01. The first kappa shape index (κ1) is 12.0. The molecule has 1 saturated carbocycles. The maximum Gasteiger partial charge on any atom is 0.265 e. The van der Waals surface area contributed by atoms with Crippen molar-refractivity contribution in [2.45, 2.75) is 31.6 Å². The Morgan fingerprint density at radius 2 is 2.17 bits per heavy atom. The van der Waals surface area contributed by atoms with Crippen LogP contribution in [0.3, 0.4) is 0 Å². The first-order valence-electron chi connectivity index (χ1n) is 5.94. The summed E-state index contributed by atoms with van der Waals surface area (Å²) >= 11 is 4.85. The second-order valence-electron chi connectivity index (χ2n) is 4.46. The van der Waals surface area contributed by atoms with Crippen molar-refractivity contribution in [2.24, 2.45) is 0 Å². The minimum atomic E-state index is -0.102. The maximum atomic E-state index is 12.0. The largest absolute Gasteiger partial charge is 0.305 e. The third kappa shape index (κ3) is 2.14. The molecule has 0 radical (unpaired) electrons. The molecule has 0 aromatic carbocycles. The van der Waals surface area contributed by atoms with E-state index in [4.69, 9.17) is 0 Å². The number of H-pyrrole nitrogens is 1. The topological polar surface area (TPSA) is 58.6 Å². The van der Waals surface area contributed by atoms with E-state index in [9.17, 15) is 4.79 Å². The maximum absolute atomic E-state index is 12.0. The van der Waals surface area contributed by atoms with Gasteiger partial charge in [-0.3, -0.25) is 9.78 Å². The highest BCUT2D eigenvalue weighted by Gasteiger charge is 2.23. The van der Waals surface area contributed by atoms with Gasteiger partial charge in [-0.05, 0) is 28.8 Å². The molecular weight excluding hydrogens is 314 g/mol. The molecule has 0 aliphatic heterocycles. The van der Waals surface area contributed by atoms with Crippen LogP contribution < -0.4 is 5.56 Å². The summed E-state index contributed by atoms with van der Waals surface area (Å²) in [6.07, 6.45) is 6.42. The summed E-state index contributed by atoms with van der Waals surface area (Å²) in [5.41, 5.74) is 2.54. The molecule has 0 amide bonds. The molecular formula is C12H12BrN3OS. The predicted molar refractivity (Wildman–Crippen MR) is 74.9 cm³/mol. The van der Waals surface area contributed by atoms with Crippen LogP contribution in [-0.4, -0.2) is 15.0 Å². The Balaban J connectivity index is 2.10. The van der Waals surface area contributed by atoms with Crippen molar-refractivity contribution in [2.75, 3.05) is 0 Å². The van der Waals surface area contributed by atoms with Gasteiger partial charge in [-0.25, -0.2) is 4.98 Å². The third-order valence-electron chi connectivity index (χ3n) is 3.30. The number of thiazole rings is 1. The molecule has 1 aliphatic carbocycles. The molecule has 0 spiro atoms. The van der Waals surface area contributed by atoms with Gasteiger partial charge in [0.1, 0.15) is 4.47 Å². The van der Waals surface area contributed by atoms with E-state index in [0.29, 0.717) is 16.2 Å². The van der Waals surface area contributed by atoms with Crippen LogP contribution in [0.15, 0.2) is 21.0 Å². The van der Waals surface area contributed by atoms with Crippen molar-refractivity contribution in [3.63, 3.8) is 0 Å². The number of nitrogens with zero attached hydrogens (tertiary/aromatic N) is 2. The number of halogens is 1. The van der Waals surface area contributed by atoms with Crippen LogP contribution in [0.5, 0.6) is 0 Å². The van der Waals surface area contributed by atoms with Crippen LogP contribution in [0.1, 0.15) is 37.3 Å². The van der Waals surface area contributed by atoms with E-state index in [0.717, 1.165) is 23.4 Å². The van der Waals surface area contributed by atoms with Crippen LogP contribution in [0.25, 0.3) is 10.7 Å². The highest BCUT2D eigenvalue weighted by atomic mass is 79.9. The van der Waals surface area contributed by atoms with E-state index in [-0.39, 0.29) is 5.56 Å². The Labute approximate surface area is 117 Å². The highest BCUT2D eigenvalue weighted by Crippen LogP contribution is 2.36. The van der Waals surface area contributed by atoms with Gasteiger partial charge >= 0.3 is 0 Å². The summed E-state index contributed by atoms with van der Waals surface area (Å²) in [6.45, 7) is 0. The summed E-state index contributed by atoms with van der Waals surface area (Å²) in [4.78, 5) is 24.3. The Bertz CT molecular complexity index is 602. The minimum Gasteiger partial charge on any atom is -0.305 e. The second kappa shape index (κ2) is 4.93. The fourth-order valence-corrected chi connectivity index (χ4v) is 3.47. The molecule has 94 valence electrons. The van der Waals surface area contributed by atoms with Crippen LogP contribution in [0, 0.1) is 0 Å². The molecule has 2 aromatic heterocycles. The summed E-state index contributed by atoms with van der Waals surface area (Å²) in [5, 5.41) is 0. The van der Waals surface area contributed by atoms with Crippen LogP contribution in [-0.2, 0) is 0 Å². The lowest BCUT2D eigenvalue weighted by atomic mass is 10.0. The van der Waals surface area contributed by atoms with E-state index in [1.165, 1.54) is 24.2 Å². The van der Waals surface area contributed by atoms with E-state index < -0.39 is 0 Å². The Kier molecular flexibility index (Phi) is 3.30. The summed E-state index contributed by atoms with van der Waals surface area (Å²) in [6, 6.07) is 0. The summed E-state index contributed by atoms with van der Waals surface area (Å²) < 4.78 is 0.586. The number of aromatic nitrogens is 3. The van der Waals surface area contributed by atoms with Crippen LogP contribution in [0.2, 0.25) is 0 Å². The van der Waals surface area contributed by atoms with Gasteiger partial charge in [-0.15, -0.1) is 11.3 Å². The van der Waals surface area contributed by atoms with Crippen molar-refractivity contribution < 1.29 is 0 Å². The highest BCUT2D eigenvalue weighted by molar-refractivity contribution is 9.10. The fraction of sp³-hybridized carbons (Fsp3) is 0.417. The fourth-order valence-electron chi connectivity index (χ4n) is 2.40. The molecule has 18 heavy (non-hydrogen) atoms. The molecule has 1 aliphatic rings. The van der Waals surface area contributed by atoms with Gasteiger partial charge in [0.15, 0.2) is 5.82 Å². The number of hydrogen-bond donors (Lipinski definition) is 1. The molecule has 6 heteroatoms. The lowest BCUT2D eigenvalue weighted by molar-refractivity contribution is 0.688. The minimum absolute atomic E-state index is 0.102. The number of aromatic amines is 1. The third-order valence-corrected chi connectivity index (χ3v) is 4.84. The van der Waals surface area contributed by atoms with Gasteiger partial charge < -0.3 is 4.98 Å². The Morgan fingerprint density at radius 1 is 1.39 bits per heavy atom. The van der Waals surface area contributed by atoms with E-state index >= 15 is 0 Å². The molecule has 3 rings (SSSR count). The molecule has 0 atom stereocenters. The molecule has 4 nitrogen and oxygen atoms in total. The Morgan fingerprint density at radius 3 is 2.83 bits per heavy atom. The summed E-state index contributed by atoms with van der Waals surface area (Å²) in [5.74, 6) is 1.04. The zero-order valence-corrected chi connectivity index (χ0v) is 12.1. The molecule has 2 heterocycles. The number of hydrogen-bond acceptors (Lipinski definition) is 4. The van der Waals surface area contributed by atoms with Crippen molar-refractivity contribution >= 4 is 27.3 Å². The molecule has 1 fully saturated rings. The van der Waals surface area contributed by atoms with Gasteiger partial charge in [-0.2, -0.15) is 0 Å². The van der Waals surface area contributed by atoms with Crippen LogP contribution in [0.4, 0.5) is 0 Å². The molecule has 1 N–H and O–H groups in total. The first-order valence-corrected chi connectivity index (χ1v) is 7.61. The number of nitrogens with one attached hydrogen (secondary N) is 1. The van der Waals surface area contributed by atoms with Gasteiger partial charge in [0, 0.05) is 12.1 Å². The SMILES string of the molecule is O=c1[nH]c(-c2cncs2)nc(C2CCCC2)c1Br. The van der Waals surface area contributed by atoms with E-state index in [2.05, 4.69) is 30.9 Å². The average molecular weight is 326 g/mol.